The van der Waals surface area contributed by atoms with Crippen LogP contribution < -0.4 is 15.9 Å². The minimum absolute atomic E-state index is 0.495. The van der Waals surface area contributed by atoms with Crippen molar-refractivity contribution in [1.29, 1.82) is 0 Å². The van der Waals surface area contributed by atoms with Gasteiger partial charge in [-0.25, -0.2) is 6.07 Å². The second-order valence-corrected chi connectivity index (χ2v) is 8.81. The third kappa shape index (κ3) is 3.43. The third-order valence-electron chi connectivity index (χ3n) is 4.17. The van der Waals surface area contributed by atoms with Crippen LogP contribution >= 0.6 is 7.92 Å². The third-order valence-corrected chi connectivity index (χ3v) is 6.71. The molecule has 3 aromatic rings. The van der Waals surface area contributed by atoms with Crippen LogP contribution in [0.1, 0.15) is 27.8 Å². The lowest BCUT2D eigenvalue weighted by atomic mass is 10.2. The predicted molar refractivity (Wildman–Crippen MR) is 104 cm³/mol. The van der Waals surface area contributed by atoms with Gasteiger partial charge in [0.15, 0.2) is 0 Å². The Kier molecular flexibility index (Phi) is 4.46. The van der Waals surface area contributed by atoms with E-state index in [0.29, 0.717) is 0 Å². The monoisotopic (exact) mass is 319 g/mol. The summed E-state index contributed by atoms with van der Waals surface area (Å²) in [6.45, 7) is 11.0. The van der Waals surface area contributed by atoms with Crippen LogP contribution in [0.25, 0.3) is 0 Å². The van der Waals surface area contributed by atoms with Gasteiger partial charge in [0.2, 0.25) is 0 Å². The largest absolute Gasteiger partial charge is 0.210 e. The van der Waals surface area contributed by atoms with Gasteiger partial charge in [-0.2, -0.15) is 17.7 Å². The summed E-state index contributed by atoms with van der Waals surface area (Å²) < 4.78 is 0. The molecule has 23 heavy (non-hydrogen) atoms. The lowest BCUT2D eigenvalue weighted by Crippen LogP contribution is -2.22. The second kappa shape index (κ2) is 6.38. The van der Waals surface area contributed by atoms with Crippen LogP contribution in [-0.4, -0.2) is 0 Å². The summed E-state index contributed by atoms with van der Waals surface area (Å²) in [6, 6.07) is 20.7. The van der Waals surface area contributed by atoms with Crippen molar-refractivity contribution in [2.45, 2.75) is 34.6 Å². The number of benzene rings is 2. The molecule has 1 heteroatoms. The van der Waals surface area contributed by atoms with E-state index in [4.69, 9.17) is 0 Å². The van der Waals surface area contributed by atoms with Gasteiger partial charge < -0.3 is 0 Å². The zero-order valence-corrected chi connectivity index (χ0v) is 15.5. The fourth-order valence-electron chi connectivity index (χ4n) is 3.34. The van der Waals surface area contributed by atoms with E-state index in [2.05, 4.69) is 89.2 Å². The molecule has 0 fully saturated rings. The molecule has 0 radical (unpaired) electrons. The predicted octanol–water partition coefficient (Wildman–Crippen LogP) is 4.71. The van der Waals surface area contributed by atoms with Crippen LogP contribution in [0, 0.1) is 34.6 Å². The maximum absolute atomic E-state index is 2.36. The fourth-order valence-corrected chi connectivity index (χ4v) is 6.19. The molecule has 0 spiro atoms. The Bertz CT molecular complexity index is 747. The average Bonchev–Trinajstić information content (AvgIpc) is 2.83. The fraction of sp³-hybridized carbons (Fsp3) is 0.227. The molecule has 0 N–H and O–H groups in total. The SMILES string of the molecule is Cc1cc(C)cc(P(c2cc(C)cc(C)c2)c2[cH-]ccc2C)c1. The maximum atomic E-state index is 2.36. The van der Waals surface area contributed by atoms with E-state index >= 15 is 0 Å². The van der Waals surface area contributed by atoms with Crippen molar-refractivity contribution < 1.29 is 0 Å². The molecule has 3 rings (SSSR count). The molecule has 0 aliphatic rings. The summed E-state index contributed by atoms with van der Waals surface area (Å²) in [5.41, 5.74) is 6.79. The molecule has 0 bridgehead atoms. The average molecular weight is 319 g/mol. The lowest BCUT2D eigenvalue weighted by Gasteiger charge is -2.25. The normalized spacial score (nSPS) is 11.2. The molecule has 0 saturated heterocycles. The Balaban J connectivity index is 2.24. The van der Waals surface area contributed by atoms with Crippen molar-refractivity contribution in [3.63, 3.8) is 0 Å². The molecule has 0 heterocycles. The molecule has 118 valence electrons. The van der Waals surface area contributed by atoms with E-state index in [1.807, 2.05) is 0 Å². The van der Waals surface area contributed by atoms with Gasteiger partial charge in [-0.1, -0.05) is 65.6 Å². The summed E-state index contributed by atoms with van der Waals surface area (Å²) in [6.07, 6.45) is 0. The minimum atomic E-state index is -0.495. The quantitative estimate of drug-likeness (QED) is 0.485. The first-order valence-electron chi connectivity index (χ1n) is 8.13. The van der Waals surface area contributed by atoms with Crippen LogP contribution in [0.15, 0.2) is 54.6 Å². The summed E-state index contributed by atoms with van der Waals surface area (Å²) in [4.78, 5) is 0. The highest BCUT2D eigenvalue weighted by Crippen LogP contribution is 2.35. The smallest absolute Gasteiger partial charge is 0.0165 e. The van der Waals surface area contributed by atoms with E-state index in [0.717, 1.165) is 0 Å². The first kappa shape index (κ1) is 16.1. The first-order chi connectivity index (χ1) is 10.9. The molecular formula is C22H24P-. The summed E-state index contributed by atoms with van der Waals surface area (Å²) >= 11 is 0. The van der Waals surface area contributed by atoms with Crippen molar-refractivity contribution in [3.05, 3.63) is 82.4 Å². The standard InChI is InChI=1S/C22H24P/c1-15-9-16(2)12-20(11-15)23(22-8-6-7-19(22)5)21-13-17(3)10-18(4)14-21/h6-14H,1-5H3/q-1. The molecule has 3 aromatic carbocycles. The van der Waals surface area contributed by atoms with E-state index in [1.165, 1.54) is 43.7 Å². The van der Waals surface area contributed by atoms with Crippen molar-refractivity contribution in [2.24, 2.45) is 0 Å². The Morgan fingerprint density at radius 2 is 1.09 bits per heavy atom. The Morgan fingerprint density at radius 3 is 1.43 bits per heavy atom. The highest BCUT2D eigenvalue weighted by atomic mass is 31.1. The van der Waals surface area contributed by atoms with Crippen LogP contribution in [0.4, 0.5) is 0 Å². The number of aryl methyl sites for hydroxylation is 5. The highest BCUT2D eigenvalue weighted by Gasteiger charge is 2.16. The molecule has 0 atom stereocenters. The van der Waals surface area contributed by atoms with Crippen molar-refractivity contribution >= 4 is 23.8 Å². The van der Waals surface area contributed by atoms with Crippen molar-refractivity contribution in [2.75, 3.05) is 0 Å². The Morgan fingerprint density at radius 1 is 0.652 bits per heavy atom. The Hall–Kier alpha value is -1.78. The molecule has 0 unspecified atom stereocenters. The van der Waals surface area contributed by atoms with Crippen LogP contribution in [0.2, 0.25) is 0 Å². The van der Waals surface area contributed by atoms with Gasteiger partial charge >= 0.3 is 0 Å². The molecule has 0 aliphatic heterocycles. The van der Waals surface area contributed by atoms with Gasteiger partial charge in [0.25, 0.3) is 0 Å². The van der Waals surface area contributed by atoms with Crippen LogP contribution in [0.3, 0.4) is 0 Å². The van der Waals surface area contributed by atoms with E-state index in [9.17, 15) is 0 Å². The summed E-state index contributed by atoms with van der Waals surface area (Å²) in [5, 5.41) is 4.39. The van der Waals surface area contributed by atoms with Crippen molar-refractivity contribution in [3.8, 4) is 0 Å². The lowest BCUT2D eigenvalue weighted by molar-refractivity contribution is 1.40. The molecule has 0 saturated carbocycles. The highest BCUT2D eigenvalue weighted by molar-refractivity contribution is 7.80. The van der Waals surface area contributed by atoms with Gasteiger partial charge in [-0.15, -0.1) is 5.30 Å². The number of hydrogen-bond donors (Lipinski definition) is 0. The van der Waals surface area contributed by atoms with Crippen LogP contribution in [-0.2, 0) is 0 Å². The Labute approximate surface area is 141 Å². The molecule has 0 aliphatic carbocycles. The number of rotatable bonds is 3. The van der Waals surface area contributed by atoms with Crippen molar-refractivity contribution in [1.82, 2.24) is 0 Å². The number of hydrogen-bond acceptors (Lipinski definition) is 0. The topological polar surface area (TPSA) is 0 Å². The zero-order chi connectivity index (χ0) is 16.6. The maximum Gasteiger partial charge on any atom is -0.0165 e. The first-order valence-corrected chi connectivity index (χ1v) is 9.47. The second-order valence-electron chi connectivity index (χ2n) is 6.62. The minimum Gasteiger partial charge on any atom is -0.210 e. The van der Waals surface area contributed by atoms with E-state index in [1.54, 1.807) is 0 Å². The van der Waals surface area contributed by atoms with Gasteiger partial charge in [-0.3, -0.25) is 0 Å². The molecular weight excluding hydrogens is 295 g/mol. The molecule has 0 aromatic heterocycles. The molecule has 0 amide bonds. The van der Waals surface area contributed by atoms with E-state index < -0.39 is 7.92 Å². The van der Waals surface area contributed by atoms with E-state index in [-0.39, 0.29) is 0 Å². The van der Waals surface area contributed by atoms with Gasteiger partial charge in [0.1, 0.15) is 0 Å². The summed E-state index contributed by atoms with van der Waals surface area (Å²) in [5.74, 6) is 0. The molecule has 0 nitrogen and oxygen atoms in total. The van der Waals surface area contributed by atoms with Crippen LogP contribution in [0.5, 0.6) is 0 Å². The van der Waals surface area contributed by atoms with Gasteiger partial charge in [0.05, 0.1) is 0 Å². The van der Waals surface area contributed by atoms with Gasteiger partial charge in [0, 0.05) is 0 Å². The van der Waals surface area contributed by atoms with Gasteiger partial charge in [-0.05, 0) is 46.2 Å². The zero-order valence-electron chi connectivity index (χ0n) is 14.6. The summed E-state index contributed by atoms with van der Waals surface area (Å²) in [7, 11) is -0.495.